The highest BCUT2D eigenvalue weighted by Gasteiger charge is 2.19. The Hall–Kier alpha value is -7.43. The van der Waals surface area contributed by atoms with Crippen LogP contribution in [-0.2, 0) is 0 Å². The van der Waals surface area contributed by atoms with Gasteiger partial charge in [-0.15, -0.1) is 0 Å². The highest BCUT2D eigenvalue weighted by molar-refractivity contribution is 6.09. The van der Waals surface area contributed by atoms with E-state index in [0.29, 0.717) is 5.96 Å². The Balaban J connectivity index is 0.920. The summed E-state index contributed by atoms with van der Waals surface area (Å²) in [6.07, 6.45) is 9.27. The number of para-hydroxylation sites is 3. The minimum Gasteiger partial charge on any atom is -0.369 e. The zero-order valence-corrected chi connectivity index (χ0v) is 31.5. The monoisotopic (exact) mass is 732 g/mol. The number of hydrogen-bond acceptors (Lipinski definition) is 1. The Morgan fingerprint density at radius 3 is 1.89 bits per heavy atom. The molecule has 2 aromatic heterocycles. The van der Waals surface area contributed by atoms with Crippen molar-refractivity contribution in [3.8, 4) is 27.9 Å². The molecule has 0 spiro atoms. The summed E-state index contributed by atoms with van der Waals surface area (Å²) in [6.45, 7) is 4.33. The lowest BCUT2D eigenvalue weighted by Gasteiger charge is -2.15. The molecule has 0 radical (unpaired) electrons. The number of fused-ring (bicyclic) bond motifs is 6. The van der Waals surface area contributed by atoms with E-state index in [1.54, 1.807) is 6.20 Å². The van der Waals surface area contributed by atoms with Gasteiger partial charge in [0.15, 0.2) is 0 Å². The van der Waals surface area contributed by atoms with Crippen molar-refractivity contribution >= 4 is 56.4 Å². The fourth-order valence-electron chi connectivity index (χ4n) is 8.44. The molecule has 4 heteroatoms. The summed E-state index contributed by atoms with van der Waals surface area (Å²) in [5.74, 6) is 0.644. The molecule has 1 unspecified atom stereocenters. The molecule has 0 saturated carbocycles. The number of nitrogens with zero attached hydrogens (tertiary/aromatic N) is 3. The lowest BCUT2D eigenvalue weighted by atomic mass is 9.90. The van der Waals surface area contributed by atoms with Crippen LogP contribution in [0.1, 0.15) is 23.5 Å². The van der Waals surface area contributed by atoms with Crippen molar-refractivity contribution in [1.29, 1.82) is 0 Å². The number of benzene rings is 7. The number of hydrogen-bond donors (Lipinski definition) is 1. The SMILES string of the molecule is C=C(/C=C\N=C(N)n1c2c(c3ccccc31)=CC(c1ccc3c(c1)c1ccccc1n3-c1ccccc1)CC=2)c1ccc(-c2ccc(-c3ccccc3)cc2)cc1. The second kappa shape index (κ2) is 14.3. The molecule has 0 aliphatic heterocycles. The molecule has 7 aromatic carbocycles. The van der Waals surface area contributed by atoms with Gasteiger partial charge < -0.3 is 10.3 Å². The van der Waals surface area contributed by atoms with E-state index in [1.165, 1.54) is 55.0 Å². The smallest absolute Gasteiger partial charge is 0.205 e. The van der Waals surface area contributed by atoms with Crippen LogP contribution in [0.25, 0.3) is 78.4 Å². The Morgan fingerprint density at radius 1 is 0.596 bits per heavy atom. The standard InChI is InChI=1S/C53H40N4/c1-36(37-20-22-40(23-21-37)41-26-24-39(25-27-41)38-12-4-2-5-13-38)32-33-55-53(54)57-50-19-11-9-17-46(50)48-35-43(29-31-52(48)57)42-28-30-51-47(34-42)45-16-8-10-18-49(45)56(51)44-14-6-3-7-15-44/h2-28,30-35,43H,1,29H2,(H2,54,55)/b33-32-. The van der Waals surface area contributed by atoms with Crippen LogP contribution in [0.15, 0.2) is 200 Å². The number of rotatable bonds is 7. The van der Waals surface area contributed by atoms with Gasteiger partial charge in [0.05, 0.1) is 21.9 Å². The van der Waals surface area contributed by atoms with Crippen LogP contribution >= 0.6 is 0 Å². The van der Waals surface area contributed by atoms with Crippen LogP contribution in [0.3, 0.4) is 0 Å². The Kier molecular flexibility index (Phi) is 8.57. The minimum atomic E-state index is 0.224. The van der Waals surface area contributed by atoms with Gasteiger partial charge in [0, 0.05) is 39.2 Å². The molecule has 2 N–H and O–H groups in total. The van der Waals surface area contributed by atoms with Crippen molar-refractivity contribution in [2.24, 2.45) is 10.7 Å². The van der Waals surface area contributed by atoms with Gasteiger partial charge in [-0.05, 0) is 87.8 Å². The molecule has 0 saturated heterocycles. The second-order valence-electron chi connectivity index (χ2n) is 14.7. The highest BCUT2D eigenvalue weighted by Crippen LogP contribution is 2.35. The van der Waals surface area contributed by atoms with Gasteiger partial charge in [-0.2, -0.15) is 0 Å². The summed E-state index contributed by atoms with van der Waals surface area (Å²) >= 11 is 0. The number of nitrogens with two attached hydrogens (primary N) is 1. The van der Waals surface area contributed by atoms with Crippen LogP contribution in [0, 0.1) is 0 Å². The maximum atomic E-state index is 6.79. The fourth-order valence-corrected chi connectivity index (χ4v) is 8.44. The maximum Gasteiger partial charge on any atom is 0.205 e. The molecule has 1 atom stereocenters. The zero-order valence-electron chi connectivity index (χ0n) is 31.5. The molecule has 1 aliphatic carbocycles. The first-order chi connectivity index (χ1) is 28.1. The molecular weight excluding hydrogens is 693 g/mol. The average Bonchev–Trinajstić information content (AvgIpc) is 3.79. The molecule has 272 valence electrons. The lowest BCUT2D eigenvalue weighted by molar-refractivity contribution is 0.913. The van der Waals surface area contributed by atoms with E-state index in [9.17, 15) is 0 Å². The van der Waals surface area contributed by atoms with Crippen molar-refractivity contribution in [3.05, 3.63) is 216 Å². The van der Waals surface area contributed by atoms with E-state index in [-0.39, 0.29) is 5.92 Å². The lowest BCUT2D eigenvalue weighted by Crippen LogP contribution is -2.38. The summed E-state index contributed by atoms with van der Waals surface area (Å²) in [6, 6.07) is 62.4. The predicted molar refractivity (Wildman–Crippen MR) is 241 cm³/mol. The quantitative estimate of drug-likeness (QED) is 0.0990. The summed E-state index contributed by atoms with van der Waals surface area (Å²) in [5, 5.41) is 5.96. The van der Waals surface area contributed by atoms with E-state index >= 15 is 0 Å². The molecular formula is C53H40N4. The molecule has 0 amide bonds. The van der Waals surface area contributed by atoms with Gasteiger partial charge in [0.25, 0.3) is 0 Å². The number of allylic oxidation sites excluding steroid dienone is 2. The minimum absolute atomic E-state index is 0.224. The Bertz CT molecular complexity index is 3140. The first-order valence-electron chi connectivity index (χ1n) is 19.5. The first kappa shape index (κ1) is 34.1. The molecule has 57 heavy (non-hydrogen) atoms. The van der Waals surface area contributed by atoms with Crippen molar-refractivity contribution in [2.45, 2.75) is 12.3 Å². The van der Waals surface area contributed by atoms with Gasteiger partial charge in [0.1, 0.15) is 0 Å². The molecule has 1 aliphatic rings. The zero-order chi connectivity index (χ0) is 38.3. The van der Waals surface area contributed by atoms with E-state index in [0.717, 1.165) is 39.4 Å². The third kappa shape index (κ3) is 6.18. The van der Waals surface area contributed by atoms with Crippen molar-refractivity contribution in [2.75, 3.05) is 0 Å². The van der Waals surface area contributed by atoms with Crippen LogP contribution in [-0.4, -0.2) is 15.1 Å². The molecule has 2 heterocycles. The summed E-state index contributed by atoms with van der Waals surface area (Å²) in [5.41, 5.74) is 19.4. The van der Waals surface area contributed by atoms with Gasteiger partial charge >= 0.3 is 0 Å². The highest BCUT2D eigenvalue weighted by atomic mass is 15.1. The first-order valence-corrected chi connectivity index (χ1v) is 19.5. The normalized spacial score (nSPS) is 14.2. The molecule has 4 nitrogen and oxygen atoms in total. The second-order valence-corrected chi connectivity index (χ2v) is 14.7. The molecule has 0 fully saturated rings. The largest absolute Gasteiger partial charge is 0.369 e. The summed E-state index contributed by atoms with van der Waals surface area (Å²) in [4.78, 5) is 4.74. The molecule has 10 rings (SSSR count). The van der Waals surface area contributed by atoms with Gasteiger partial charge in [0.2, 0.25) is 5.96 Å². The van der Waals surface area contributed by atoms with Crippen LogP contribution < -0.4 is 16.3 Å². The average molecular weight is 733 g/mol. The van der Waals surface area contributed by atoms with Crippen LogP contribution in [0.5, 0.6) is 0 Å². The van der Waals surface area contributed by atoms with Crippen molar-refractivity contribution in [3.63, 3.8) is 0 Å². The maximum absolute atomic E-state index is 6.79. The Labute approximate surface area is 331 Å². The van der Waals surface area contributed by atoms with Crippen LogP contribution in [0.2, 0.25) is 0 Å². The summed E-state index contributed by atoms with van der Waals surface area (Å²) in [7, 11) is 0. The van der Waals surface area contributed by atoms with Gasteiger partial charge in [-0.1, -0.05) is 158 Å². The van der Waals surface area contributed by atoms with E-state index < -0.39 is 0 Å². The molecule has 9 aromatic rings. The Morgan fingerprint density at radius 2 is 1.18 bits per heavy atom. The third-order valence-electron chi connectivity index (χ3n) is 11.3. The van der Waals surface area contributed by atoms with Crippen molar-refractivity contribution < 1.29 is 0 Å². The fraction of sp³-hybridized carbons (Fsp3) is 0.0377. The number of aromatic nitrogens is 2. The number of aliphatic imine (C=N–C) groups is 1. The van der Waals surface area contributed by atoms with Crippen LogP contribution in [0.4, 0.5) is 0 Å². The summed E-state index contributed by atoms with van der Waals surface area (Å²) < 4.78 is 4.45. The van der Waals surface area contributed by atoms with E-state index in [4.69, 9.17) is 10.7 Å². The van der Waals surface area contributed by atoms with E-state index in [2.05, 4.69) is 198 Å². The van der Waals surface area contributed by atoms with Gasteiger partial charge in [-0.3, -0.25) is 4.57 Å². The topological polar surface area (TPSA) is 48.2 Å². The third-order valence-corrected chi connectivity index (χ3v) is 11.3. The predicted octanol–water partition coefficient (Wildman–Crippen LogP) is 11.2. The van der Waals surface area contributed by atoms with Gasteiger partial charge in [-0.25, -0.2) is 4.99 Å². The van der Waals surface area contributed by atoms with E-state index in [1.807, 2.05) is 12.1 Å². The molecule has 0 bridgehead atoms. The van der Waals surface area contributed by atoms with Crippen molar-refractivity contribution in [1.82, 2.24) is 9.13 Å².